The summed E-state index contributed by atoms with van der Waals surface area (Å²) in [5, 5.41) is 0. The smallest absolute Gasteiger partial charge is 0.337 e. The number of hydrogen-bond acceptors (Lipinski definition) is 4. The highest BCUT2D eigenvalue weighted by atomic mass is 16.5. The summed E-state index contributed by atoms with van der Waals surface area (Å²) >= 11 is 0. The summed E-state index contributed by atoms with van der Waals surface area (Å²) in [6.07, 6.45) is 6.31. The van der Waals surface area contributed by atoms with Gasteiger partial charge in [0.1, 0.15) is 11.6 Å². The predicted molar refractivity (Wildman–Crippen MR) is 67.1 cm³/mol. The number of ketones is 2. The molecule has 3 aliphatic rings. The molecule has 100 valence electrons. The van der Waals surface area contributed by atoms with Crippen LogP contribution >= 0.6 is 0 Å². The van der Waals surface area contributed by atoms with Gasteiger partial charge in [0.05, 0.1) is 12.2 Å². The van der Waals surface area contributed by atoms with Crippen molar-refractivity contribution in [3.05, 3.63) is 23.8 Å². The van der Waals surface area contributed by atoms with Crippen LogP contribution in [0.15, 0.2) is 23.8 Å². The second-order valence-corrected chi connectivity index (χ2v) is 5.43. The molecule has 4 bridgehead atoms. The molecule has 0 saturated heterocycles. The van der Waals surface area contributed by atoms with Crippen molar-refractivity contribution in [2.24, 2.45) is 23.7 Å². The lowest BCUT2D eigenvalue weighted by Gasteiger charge is -2.28. The minimum Gasteiger partial charge on any atom is -0.462 e. The van der Waals surface area contributed by atoms with Crippen LogP contribution in [0.3, 0.4) is 0 Å². The summed E-state index contributed by atoms with van der Waals surface area (Å²) in [4.78, 5) is 36.0. The number of Topliss-reactive ketones (excluding diaryl/α,β-unsaturated/α-hetero) is 2. The number of carbonyl (C=O) groups is 3. The Morgan fingerprint density at radius 2 is 2.16 bits per heavy atom. The third kappa shape index (κ3) is 1.86. The summed E-state index contributed by atoms with van der Waals surface area (Å²) in [5.41, 5.74) is 0.447. The monoisotopic (exact) mass is 260 g/mol. The topological polar surface area (TPSA) is 60.4 Å². The standard InChI is InChI=1S/C15H16O4/c1-2-19-15(18)8-3-4-10-12-6-9(7-13(12)16)11(5-8)14(10)17/h3-5,9-12H,2,6-7H2,1H3/t9-,10-,11-,12+/m1/s1. The first kappa shape index (κ1) is 12.3. The van der Waals surface area contributed by atoms with Crippen LogP contribution in [0.1, 0.15) is 19.8 Å². The first-order valence-electron chi connectivity index (χ1n) is 6.75. The van der Waals surface area contributed by atoms with E-state index in [0.29, 0.717) is 18.6 Å². The molecule has 2 saturated carbocycles. The zero-order valence-corrected chi connectivity index (χ0v) is 10.8. The van der Waals surface area contributed by atoms with Crippen molar-refractivity contribution in [1.82, 2.24) is 0 Å². The molecule has 0 aromatic heterocycles. The van der Waals surface area contributed by atoms with Gasteiger partial charge in [-0.05, 0) is 19.3 Å². The van der Waals surface area contributed by atoms with Crippen LogP contribution in [-0.2, 0) is 19.1 Å². The number of rotatable bonds is 2. The van der Waals surface area contributed by atoms with Gasteiger partial charge in [-0.25, -0.2) is 4.79 Å². The Labute approximate surface area is 111 Å². The molecule has 0 amide bonds. The first-order chi connectivity index (χ1) is 9.11. The average molecular weight is 260 g/mol. The Morgan fingerprint density at radius 1 is 1.37 bits per heavy atom. The van der Waals surface area contributed by atoms with Gasteiger partial charge in [0.25, 0.3) is 0 Å². The van der Waals surface area contributed by atoms with Gasteiger partial charge in [-0.15, -0.1) is 0 Å². The zero-order valence-electron chi connectivity index (χ0n) is 10.8. The number of hydrogen-bond donors (Lipinski definition) is 0. The third-order valence-electron chi connectivity index (χ3n) is 4.39. The second kappa shape index (κ2) is 4.44. The summed E-state index contributed by atoms with van der Waals surface area (Å²) in [7, 11) is 0. The van der Waals surface area contributed by atoms with E-state index in [4.69, 9.17) is 4.74 Å². The van der Waals surface area contributed by atoms with Crippen LogP contribution in [0.25, 0.3) is 0 Å². The van der Waals surface area contributed by atoms with Gasteiger partial charge in [0.2, 0.25) is 0 Å². The molecule has 19 heavy (non-hydrogen) atoms. The maximum Gasteiger partial charge on any atom is 0.337 e. The molecular weight excluding hydrogens is 244 g/mol. The fourth-order valence-electron chi connectivity index (χ4n) is 3.48. The van der Waals surface area contributed by atoms with Gasteiger partial charge in [-0.3, -0.25) is 9.59 Å². The van der Waals surface area contributed by atoms with Crippen LogP contribution in [0.2, 0.25) is 0 Å². The Kier molecular flexibility index (Phi) is 2.88. The van der Waals surface area contributed by atoms with Crippen LogP contribution < -0.4 is 0 Å². The zero-order chi connectivity index (χ0) is 13.6. The van der Waals surface area contributed by atoms with Crippen LogP contribution in [0.4, 0.5) is 0 Å². The SMILES string of the molecule is CCOC(=O)C1=C[C@H]2C(=O)[C@H](C=C1)[C@@H]1C[C@@H]2CC1=O. The normalized spacial score (nSPS) is 35.9. The molecule has 0 heterocycles. The van der Waals surface area contributed by atoms with Crippen molar-refractivity contribution >= 4 is 17.5 Å². The predicted octanol–water partition coefficient (Wildman–Crippen LogP) is 1.46. The van der Waals surface area contributed by atoms with Crippen molar-refractivity contribution < 1.29 is 19.1 Å². The highest BCUT2D eigenvalue weighted by Crippen LogP contribution is 2.47. The lowest BCUT2D eigenvalue weighted by molar-refractivity contribution is -0.138. The molecule has 3 aliphatic carbocycles. The van der Waals surface area contributed by atoms with Gasteiger partial charge in [-0.2, -0.15) is 0 Å². The molecule has 4 nitrogen and oxygen atoms in total. The summed E-state index contributed by atoms with van der Waals surface area (Å²) in [5.74, 6) is -0.848. The highest BCUT2D eigenvalue weighted by molar-refractivity contribution is 6.01. The van der Waals surface area contributed by atoms with E-state index in [0.717, 1.165) is 6.42 Å². The third-order valence-corrected chi connectivity index (χ3v) is 4.39. The minimum atomic E-state index is -0.388. The van der Waals surface area contributed by atoms with Crippen LogP contribution in [0, 0.1) is 23.7 Å². The highest BCUT2D eigenvalue weighted by Gasteiger charge is 2.50. The maximum absolute atomic E-state index is 12.4. The van der Waals surface area contributed by atoms with E-state index in [1.54, 1.807) is 25.2 Å². The van der Waals surface area contributed by atoms with E-state index >= 15 is 0 Å². The van der Waals surface area contributed by atoms with Crippen LogP contribution in [0.5, 0.6) is 0 Å². The fraction of sp³-hybridized carbons (Fsp3) is 0.533. The molecule has 0 unspecified atom stereocenters. The first-order valence-corrected chi connectivity index (χ1v) is 6.75. The molecule has 4 heteroatoms. The minimum absolute atomic E-state index is 0.0746. The Morgan fingerprint density at radius 3 is 2.89 bits per heavy atom. The summed E-state index contributed by atoms with van der Waals surface area (Å²) in [6.45, 7) is 2.07. The Balaban J connectivity index is 1.96. The van der Waals surface area contributed by atoms with E-state index in [1.807, 2.05) is 0 Å². The van der Waals surface area contributed by atoms with Gasteiger partial charge in [0, 0.05) is 24.2 Å². The maximum atomic E-state index is 12.4. The molecule has 0 spiro atoms. The van der Waals surface area contributed by atoms with E-state index in [1.165, 1.54) is 0 Å². The molecule has 3 rings (SSSR count). The molecular formula is C15H16O4. The quantitative estimate of drug-likeness (QED) is 0.705. The summed E-state index contributed by atoms with van der Waals surface area (Å²) < 4.78 is 4.99. The molecule has 0 N–H and O–H groups in total. The molecule has 0 aromatic carbocycles. The van der Waals surface area contributed by atoms with E-state index in [9.17, 15) is 14.4 Å². The number of allylic oxidation sites excluding steroid dienone is 2. The molecule has 4 atom stereocenters. The van der Waals surface area contributed by atoms with Crippen LogP contribution in [-0.4, -0.2) is 24.1 Å². The average Bonchev–Trinajstić information content (AvgIpc) is 2.65. The molecule has 0 aliphatic heterocycles. The lowest BCUT2D eigenvalue weighted by Crippen LogP contribution is -2.34. The Hall–Kier alpha value is -1.71. The van der Waals surface area contributed by atoms with E-state index in [2.05, 4.69) is 0 Å². The van der Waals surface area contributed by atoms with Crippen molar-refractivity contribution in [3.63, 3.8) is 0 Å². The molecule has 2 fully saturated rings. The van der Waals surface area contributed by atoms with Gasteiger partial charge in [0.15, 0.2) is 0 Å². The second-order valence-electron chi connectivity index (χ2n) is 5.43. The molecule has 0 radical (unpaired) electrons. The van der Waals surface area contributed by atoms with E-state index in [-0.39, 0.29) is 41.2 Å². The molecule has 0 aromatic rings. The van der Waals surface area contributed by atoms with Gasteiger partial charge in [-0.1, -0.05) is 18.2 Å². The van der Waals surface area contributed by atoms with Crippen molar-refractivity contribution in [1.29, 1.82) is 0 Å². The number of ether oxygens (including phenoxy) is 1. The number of esters is 1. The van der Waals surface area contributed by atoms with Crippen molar-refractivity contribution in [2.75, 3.05) is 6.61 Å². The Bertz CT molecular complexity index is 514. The number of fused-ring (bicyclic) bond motifs is 6. The van der Waals surface area contributed by atoms with E-state index < -0.39 is 0 Å². The summed E-state index contributed by atoms with van der Waals surface area (Å²) in [6, 6.07) is 0. The number of carbonyl (C=O) groups excluding carboxylic acids is 3. The van der Waals surface area contributed by atoms with Crippen molar-refractivity contribution in [2.45, 2.75) is 19.8 Å². The van der Waals surface area contributed by atoms with Crippen molar-refractivity contribution in [3.8, 4) is 0 Å². The van der Waals surface area contributed by atoms with Gasteiger partial charge < -0.3 is 4.74 Å². The lowest BCUT2D eigenvalue weighted by atomic mass is 9.73. The fourth-order valence-corrected chi connectivity index (χ4v) is 3.48. The largest absolute Gasteiger partial charge is 0.462 e. The van der Waals surface area contributed by atoms with Gasteiger partial charge >= 0.3 is 5.97 Å².